The van der Waals surface area contributed by atoms with Crippen LogP contribution in [0.1, 0.15) is 5.56 Å². The molecule has 2 aliphatic rings. The van der Waals surface area contributed by atoms with E-state index in [4.69, 9.17) is 4.84 Å². The Bertz CT molecular complexity index is 494. The molecule has 0 saturated carbocycles. The van der Waals surface area contributed by atoms with Crippen molar-refractivity contribution in [3.8, 4) is 0 Å². The molecule has 1 fully saturated rings. The fourth-order valence-corrected chi connectivity index (χ4v) is 1.85. The molecule has 1 saturated heterocycles. The maximum atomic E-state index is 11.4. The minimum absolute atomic E-state index is 0.460. The molecule has 1 aromatic rings. The molecule has 0 bridgehead atoms. The Labute approximate surface area is 90.6 Å². The lowest BCUT2D eigenvalue weighted by atomic mass is 9.94. The van der Waals surface area contributed by atoms with E-state index in [2.05, 4.69) is 9.89 Å². The summed E-state index contributed by atoms with van der Waals surface area (Å²) in [4.78, 5) is 27.6. The number of nitrogens with zero attached hydrogens (tertiary/aromatic N) is 1. The second-order valence-electron chi connectivity index (χ2n) is 3.59. The number of carbonyl (C=O) groups excluding carboxylic acids is 2. The van der Waals surface area contributed by atoms with Gasteiger partial charge in [-0.25, -0.2) is 4.79 Å². The van der Waals surface area contributed by atoms with Gasteiger partial charge < -0.3 is 9.57 Å². The third-order valence-electron chi connectivity index (χ3n) is 2.62. The SMILES string of the molecule is O=C1OC(=O)[C@@H]2ON=C(c3ccccc3)[C@H]12. The zero-order valence-electron chi connectivity index (χ0n) is 8.12. The van der Waals surface area contributed by atoms with E-state index in [1.54, 1.807) is 12.1 Å². The second-order valence-corrected chi connectivity index (χ2v) is 3.59. The summed E-state index contributed by atoms with van der Waals surface area (Å²) < 4.78 is 4.50. The van der Waals surface area contributed by atoms with Gasteiger partial charge in [-0.1, -0.05) is 35.5 Å². The van der Waals surface area contributed by atoms with Gasteiger partial charge in [0.25, 0.3) is 0 Å². The lowest BCUT2D eigenvalue weighted by Crippen LogP contribution is -2.26. The number of benzene rings is 1. The Morgan fingerprint density at radius 1 is 1.06 bits per heavy atom. The van der Waals surface area contributed by atoms with Gasteiger partial charge in [0.05, 0.1) is 0 Å². The van der Waals surface area contributed by atoms with Crippen LogP contribution in [0.5, 0.6) is 0 Å². The molecule has 2 atom stereocenters. The Kier molecular flexibility index (Phi) is 1.80. The van der Waals surface area contributed by atoms with Gasteiger partial charge in [0.1, 0.15) is 5.71 Å². The van der Waals surface area contributed by atoms with Crippen LogP contribution in [0, 0.1) is 5.92 Å². The maximum Gasteiger partial charge on any atom is 0.359 e. The summed E-state index contributed by atoms with van der Waals surface area (Å²) in [5.74, 6) is -1.96. The zero-order chi connectivity index (χ0) is 11.1. The maximum absolute atomic E-state index is 11.4. The largest absolute Gasteiger partial charge is 0.390 e. The molecular weight excluding hydrogens is 210 g/mol. The first-order valence-electron chi connectivity index (χ1n) is 4.82. The minimum Gasteiger partial charge on any atom is -0.390 e. The van der Waals surface area contributed by atoms with Gasteiger partial charge >= 0.3 is 11.9 Å². The Balaban J connectivity index is 2.00. The van der Waals surface area contributed by atoms with Crippen molar-refractivity contribution in [3.05, 3.63) is 35.9 Å². The number of ether oxygens (including phenoxy) is 1. The van der Waals surface area contributed by atoms with Gasteiger partial charge in [0.15, 0.2) is 5.92 Å². The fourth-order valence-electron chi connectivity index (χ4n) is 1.85. The van der Waals surface area contributed by atoms with Gasteiger partial charge in [0, 0.05) is 5.56 Å². The van der Waals surface area contributed by atoms with Crippen LogP contribution < -0.4 is 0 Å². The molecule has 2 heterocycles. The molecule has 80 valence electrons. The molecule has 0 unspecified atom stereocenters. The molecule has 2 aliphatic heterocycles. The topological polar surface area (TPSA) is 65.0 Å². The molecule has 5 nitrogen and oxygen atoms in total. The number of rotatable bonds is 1. The van der Waals surface area contributed by atoms with Crippen molar-refractivity contribution in [3.63, 3.8) is 0 Å². The molecular formula is C11H7NO4. The quantitative estimate of drug-likeness (QED) is 0.507. The third-order valence-corrected chi connectivity index (χ3v) is 2.62. The molecule has 0 radical (unpaired) electrons. The molecule has 0 spiro atoms. The highest BCUT2D eigenvalue weighted by molar-refractivity contribution is 6.19. The lowest BCUT2D eigenvalue weighted by molar-refractivity contribution is -0.155. The highest BCUT2D eigenvalue weighted by atomic mass is 16.7. The summed E-state index contributed by atoms with van der Waals surface area (Å²) in [7, 11) is 0. The fraction of sp³-hybridized carbons (Fsp3) is 0.182. The van der Waals surface area contributed by atoms with Crippen LogP contribution in [-0.2, 0) is 19.2 Å². The molecule has 5 heteroatoms. The first-order valence-corrected chi connectivity index (χ1v) is 4.82. The predicted octanol–water partition coefficient (Wildman–Crippen LogP) is 0.489. The minimum atomic E-state index is -0.900. The average Bonchev–Trinajstić information content (AvgIpc) is 2.84. The van der Waals surface area contributed by atoms with Gasteiger partial charge in [0.2, 0.25) is 6.10 Å². The normalized spacial score (nSPS) is 27.1. The van der Waals surface area contributed by atoms with Crippen molar-refractivity contribution in [2.24, 2.45) is 11.1 Å². The summed E-state index contributed by atoms with van der Waals surface area (Å²) in [6, 6.07) is 9.12. The van der Waals surface area contributed by atoms with Crippen molar-refractivity contribution < 1.29 is 19.2 Å². The van der Waals surface area contributed by atoms with Gasteiger partial charge in [-0.15, -0.1) is 0 Å². The number of oxime groups is 1. The summed E-state index contributed by atoms with van der Waals surface area (Å²) in [6.45, 7) is 0. The van der Waals surface area contributed by atoms with Crippen molar-refractivity contribution in [2.75, 3.05) is 0 Å². The average molecular weight is 217 g/mol. The van der Waals surface area contributed by atoms with E-state index in [0.717, 1.165) is 5.56 Å². The van der Waals surface area contributed by atoms with Crippen LogP contribution in [-0.4, -0.2) is 23.8 Å². The smallest absolute Gasteiger partial charge is 0.359 e. The first-order chi connectivity index (χ1) is 7.77. The Morgan fingerprint density at radius 3 is 2.56 bits per heavy atom. The van der Waals surface area contributed by atoms with Crippen molar-refractivity contribution >= 4 is 17.7 Å². The van der Waals surface area contributed by atoms with Crippen LogP contribution in [0.3, 0.4) is 0 Å². The van der Waals surface area contributed by atoms with E-state index in [0.29, 0.717) is 5.71 Å². The number of esters is 2. The van der Waals surface area contributed by atoms with E-state index in [1.807, 2.05) is 18.2 Å². The number of hydrogen-bond donors (Lipinski definition) is 0. The van der Waals surface area contributed by atoms with Gasteiger partial charge in [-0.05, 0) is 0 Å². The molecule has 0 N–H and O–H groups in total. The summed E-state index contributed by atoms with van der Waals surface area (Å²) in [5, 5.41) is 3.79. The van der Waals surface area contributed by atoms with E-state index in [1.165, 1.54) is 0 Å². The molecule has 3 rings (SSSR count). The second kappa shape index (κ2) is 3.16. The number of fused-ring (bicyclic) bond motifs is 1. The lowest BCUT2D eigenvalue weighted by Gasteiger charge is -2.02. The number of hydrogen-bond acceptors (Lipinski definition) is 5. The highest BCUT2D eigenvalue weighted by Crippen LogP contribution is 2.30. The van der Waals surface area contributed by atoms with Crippen molar-refractivity contribution in [2.45, 2.75) is 6.10 Å². The van der Waals surface area contributed by atoms with Crippen LogP contribution >= 0.6 is 0 Å². The summed E-state index contributed by atoms with van der Waals surface area (Å²) in [6.07, 6.45) is -0.900. The van der Waals surface area contributed by atoms with Gasteiger partial charge in [-0.3, -0.25) is 4.79 Å². The summed E-state index contributed by atoms with van der Waals surface area (Å²) in [5.41, 5.74) is 1.23. The Hall–Kier alpha value is -2.17. The molecule has 1 aromatic carbocycles. The standard InChI is InChI=1S/C11H7NO4/c13-10-7-8(6-4-2-1-3-5-6)12-16-9(7)11(14)15-10/h1-5,7,9H/t7-,9+/m0/s1. The molecule has 0 aromatic heterocycles. The monoisotopic (exact) mass is 217 g/mol. The van der Waals surface area contributed by atoms with Crippen LogP contribution in [0.25, 0.3) is 0 Å². The van der Waals surface area contributed by atoms with Crippen molar-refractivity contribution in [1.29, 1.82) is 0 Å². The number of cyclic esters (lactones) is 2. The van der Waals surface area contributed by atoms with E-state index < -0.39 is 24.0 Å². The van der Waals surface area contributed by atoms with Crippen LogP contribution in [0.2, 0.25) is 0 Å². The van der Waals surface area contributed by atoms with Crippen molar-refractivity contribution in [1.82, 2.24) is 0 Å². The molecule has 0 aliphatic carbocycles. The first kappa shape index (κ1) is 9.08. The zero-order valence-corrected chi connectivity index (χ0v) is 8.12. The van der Waals surface area contributed by atoms with Gasteiger partial charge in [-0.2, -0.15) is 0 Å². The third kappa shape index (κ3) is 1.14. The Morgan fingerprint density at radius 2 is 1.81 bits per heavy atom. The van der Waals surface area contributed by atoms with E-state index >= 15 is 0 Å². The highest BCUT2D eigenvalue weighted by Gasteiger charge is 2.53. The molecule has 0 amide bonds. The number of carbonyl (C=O) groups is 2. The van der Waals surface area contributed by atoms with E-state index in [-0.39, 0.29) is 0 Å². The van der Waals surface area contributed by atoms with Crippen LogP contribution in [0.4, 0.5) is 0 Å². The van der Waals surface area contributed by atoms with Crippen LogP contribution in [0.15, 0.2) is 35.5 Å². The predicted molar refractivity (Wildman–Crippen MR) is 52.4 cm³/mol. The molecule has 16 heavy (non-hydrogen) atoms. The van der Waals surface area contributed by atoms with E-state index in [9.17, 15) is 9.59 Å². The summed E-state index contributed by atoms with van der Waals surface area (Å²) >= 11 is 0.